The minimum Gasteiger partial charge on any atom is -0.393 e. The molecule has 0 fully saturated rings. The molecule has 0 heterocycles. The van der Waals surface area contributed by atoms with Crippen LogP contribution in [0, 0.1) is 0 Å². The van der Waals surface area contributed by atoms with Crippen LogP contribution in [0.2, 0.25) is 0 Å². The molecule has 3 nitrogen and oxygen atoms in total. The lowest BCUT2D eigenvalue weighted by Gasteiger charge is -2.01. The first-order chi connectivity index (χ1) is 6.22. The molecule has 0 aliphatic heterocycles. The number of rotatable bonds is 4. The van der Waals surface area contributed by atoms with Crippen molar-refractivity contribution in [2.75, 3.05) is 5.32 Å². The summed E-state index contributed by atoms with van der Waals surface area (Å²) >= 11 is 4.77. The van der Waals surface area contributed by atoms with Crippen LogP contribution < -0.4 is 11.1 Å². The van der Waals surface area contributed by atoms with Crippen molar-refractivity contribution in [3.63, 3.8) is 0 Å². The Morgan fingerprint density at radius 1 is 1.46 bits per heavy atom. The molecule has 0 saturated carbocycles. The fourth-order valence-electron chi connectivity index (χ4n) is 0.988. The lowest BCUT2D eigenvalue weighted by Crippen LogP contribution is -2.10. The summed E-state index contributed by atoms with van der Waals surface area (Å²) in [6.45, 7) is 0. The minimum absolute atomic E-state index is 0.469. The summed E-state index contributed by atoms with van der Waals surface area (Å²) in [7, 11) is 0. The van der Waals surface area contributed by atoms with Crippen LogP contribution in [0.3, 0.4) is 0 Å². The molecule has 1 rings (SSSR count). The zero-order chi connectivity index (χ0) is 9.68. The first-order valence-electron chi connectivity index (χ1n) is 3.80. The van der Waals surface area contributed by atoms with Crippen LogP contribution in [0.5, 0.6) is 0 Å². The Morgan fingerprint density at radius 3 is 2.54 bits per heavy atom. The Morgan fingerprint density at radius 2 is 2.08 bits per heavy atom. The van der Waals surface area contributed by atoms with Gasteiger partial charge >= 0.3 is 0 Å². The van der Waals surface area contributed by atoms with E-state index in [0.29, 0.717) is 17.8 Å². The number of nitrogens with two attached hydrogens (primary N) is 1. The minimum atomic E-state index is 0.469. The van der Waals surface area contributed by atoms with Crippen molar-refractivity contribution in [2.45, 2.75) is 6.42 Å². The number of nitrogens with one attached hydrogen (secondary N) is 1. The molecule has 0 unspecified atom stereocenters. The number of benzene rings is 1. The maximum absolute atomic E-state index is 10.1. The van der Waals surface area contributed by atoms with Crippen molar-refractivity contribution < 1.29 is 4.79 Å². The summed E-state index contributed by atoms with van der Waals surface area (Å²) in [6.07, 6.45) is 1.24. The molecule has 4 heteroatoms. The van der Waals surface area contributed by atoms with E-state index >= 15 is 0 Å². The Bertz CT molecular complexity index is 308. The van der Waals surface area contributed by atoms with E-state index in [1.54, 1.807) is 0 Å². The molecule has 13 heavy (non-hydrogen) atoms. The molecule has 1 aromatic carbocycles. The summed E-state index contributed by atoms with van der Waals surface area (Å²) in [5.41, 5.74) is 7.19. The summed E-state index contributed by atoms with van der Waals surface area (Å²) in [5.74, 6) is 0. The third-order valence-electron chi connectivity index (χ3n) is 1.56. The second kappa shape index (κ2) is 4.57. The van der Waals surface area contributed by atoms with Gasteiger partial charge in [0, 0.05) is 12.1 Å². The zero-order valence-electron chi connectivity index (χ0n) is 6.99. The normalized spacial score (nSPS) is 9.23. The van der Waals surface area contributed by atoms with Gasteiger partial charge in [0.05, 0.1) is 4.99 Å². The highest BCUT2D eigenvalue weighted by molar-refractivity contribution is 7.80. The lowest BCUT2D eigenvalue weighted by molar-refractivity contribution is -0.105. The van der Waals surface area contributed by atoms with E-state index in [4.69, 9.17) is 18.0 Å². The van der Waals surface area contributed by atoms with Gasteiger partial charge in [0.15, 0.2) is 0 Å². The number of carbonyl (C=O) groups excluding carboxylic acids is 1. The molecule has 0 aliphatic carbocycles. The lowest BCUT2D eigenvalue weighted by atomic mass is 10.1. The largest absolute Gasteiger partial charge is 0.393 e. The average Bonchev–Trinajstić information content (AvgIpc) is 2.08. The summed E-state index contributed by atoms with van der Waals surface area (Å²) in [4.78, 5) is 10.6. The fourth-order valence-corrected chi connectivity index (χ4v) is 1.15. The SMILES string of the molecule is NC(=S)Cc1ccc(NC=O)cc1. The molecule has 0 bridgehead atoms. The van der Waals surface area contributed by atoms with Gasteiger partial charge in [-0.1, -0.05) is 24.4 Å². The van der Waals surface area contributed by atoms with Crippen LogP contribution in [-0.2, 0) is 11.2 Å². The summed E-state index contributed by atoms with van der Waals surface area (Å²) in [6, 6.07) is 7.38. The van der Waals surface area contributed by atoms with Gasteiger partial charge in [-0.3, -0.25) is 4.79 Å². The third-order valence-corrected chi connectivity index (χ3v) is 1.70. The van der Waals surface area contributed by atoms with Gasteiger partial charge in [-0.05, 0) is 17.7 Å². The van der Waals surface area contributed by atoms with Gasteiger partial charge in [-0.2, -0.15) is 0 Å². The van der Waals surface area contributed by atoms with E-state index in [1.165, 1.54) is 0 Å². The molecule has 1 amide bonds. The first kappa shape index (κ1) is 9.67. The molecule has 0 aromatic heterocycles. The molecule has 68 valence electrons. The van der Waals surface area contributed by atoms with Crippen molar-refractivity contribution in [2.24, 2.45) is 5.73 Å². The van der Waals surface area contributed by atoms with Gasteiger partial charge in [0.25, 0.3) is 0 Å². The van der Waals surface area contributed by atoms with Crippen LogP contribution >= 0.6 is 12.2 Å². The number of hydrogen-bond acceptors (Lipinski definition) is 2. The molecule has 0 atom stereocenters. The molecule has 0 saturated heterocycles. The second-order valence-electron chi connectivity index (χ2n) is 2.60. The van der Waals surface area contributed by atoms with Crippen molar-refractivity contribution in [3.8, 4) is 0 Å². The van der Waals surface area contributed by atoms with E-state index in [1.807, 2.05) is 24.3 Å². The molecule has 0 spiro atoms. The Hall–Kier alpha value is -1.42. The van der Waals surface area contributed by atoms with Crippen LogP contribution in [0.4, 0.5) is 5.69 Å². The van der Waals surface area contributed by atoms with Gasteiger partial charge in [0.1, 0.15) is 0 Å². The summed E-state index contributed by atoms with van der Waals surface area (Å²) in [5, 5.41) is 2.54. The highest BCUT2D eigenvalue weighted by Gasteiger charge is 1.95. The van der Waals surface area contributed by atoms with E-state index in [9.17, 15) is 4.79 Å². The second-order valence-corrected chi connectivity index (χ2v) is 3.13. The number of carbonyl (C=O) groups is 1. The van der Waals surface area contributed by atoms with E-state index in [2.05, 4.69) is 5.32 Å². The van der Waals surface area contributed by atoms with Crippen molar-refractivity contribution in [3.05, 3.63) is 29.8 Å². The molecule has 0 aliphatic rings. The molecule has 1 aromatic rings. The number of anilines is 1. The van der Waals surface area contributed by atoms with Crippen molar-refractivity contribution in [1.29, 1.82) is 0 Å². The highest BCUT2D eigenvalue weighted by Crippen LogP contribution is 2.08. The van der Waals surface area contributed by atoms with Gasteiger partial charge in [-0.15, -0.1) is 0 Å². The Labute approximate surface area is 81.9 Å². The molecular formula is C9H10N2OS. The maximum atomic E-state index is 10.1. The number of amides is 1. The smallest absolute Gasteiger partial charge is 0.211 e. The van der Waals surface area contributed by atoms with E-state index in [-0.39, 0.29) is 0 Å². The first-order valence-corrected chi connectivity index (χ1v) is 4.20. The quantitative estimate of drug-likeness (QED) is 0.557. The van der Waals surface area contributed by atoms with Crippen LogP contribution in [0.15, 0.2) is 24.3 Å². The van der Waals surface area contributed by atoms with E-state index in [0.717, 1.165) is 11.3 Å². The fraction of sp³-hybridized carbons (Fsp3) is 0.111. The zero-order valence-corrected chi connectivity index (χ0v) is 7.80. The monoisotopic (exact) mass is 194 g/mol. The van der Waals surface area contributed by atoms with Gasteiger partial charge in [-0.25, -0.2) is 0 Å². The van der Waals surface area contributed by atoms with Gasteiger partial charge in [0.2, 0.25) is 6.41 Å². The predicted molar refractivity (Wildman–Crippen MR) is 56.6 cm³/mol. The van der Waals surface area contributed by atoms with Crippen LogP contribution in [0.25, 0.3) is 0 Å². The Kier molecular flexibility index (Phi) is 3.40. The van der Waals surface area contributed by atoms with Crippen LogP contribution in [-0.4, -0.2) is 11.4 Å². The standard InChI is InChI=1S/C9H10N2OS/c10-9(13)5-7-1-3-8(4-2-7)11-6-12/h1-4,6H,5H2,(H2,10,13)(H,11,12). The van der Waals surface area contributed by atoms with E-state index < -0.39 is 0 Å². The number of hydrogen-bond donors (Lipinski definition) is 2. The maximum Gasteiger partial charge on any atom is 0.211 e. The Balaban J connectivity index is 2.69. The molecule has 3 N–H and O–H groups in total. The third kappa shape index (κ3) is 3.21. The highest BCUT2D eigenvalue weighted by atomic mass is 32.1. The van der Waals surface area contributed by atoms with Crippen molar-refractivity contribution in [1.82, 2.24) is 0 Å². The van der Waals surface area contributed by atoms with Gasteiger partial charge < -0.3 is 11.1 Å². The topological polar surface area (TPSA) is 55.1 Å². The number of thiocarbonyl (C=S) groups is 1. The van der Waals surface area contributed by atoms with Crippen LogP contribution in [0.1, 0.15) is 5.56 Å². The van der Waals surface area contributed by atoms with Crippen molar-refractivity contribution >= 4 is 29.3 Å². The average molecular weight is 194 g/mol. The predicted octanol–water partition coefficient (Wildman–Crippen LogP) is 1.08. The molecule has 0 radical (unpaired) electrons. The molecular weight excluding hydrogens is 184 g/mol. The summed E-state index contributed by atoms with van der Waals surface area (Å²) < 4.78 is 0.